The second-order valence-corrected chi connectivity index (χ2v) is 8.37. The molecule has 0 amide bonds. The van der Waals surface area contributed by atoms with E-state index < -0.39 is 10.0 Å². The molecule has 0 aliphatic heterocycles. The van der Waals surface area contributed by atoms with Crippen LogP contribution in [0.3, 0.4) is 0 Å². The zero-order valence-electron chi connectivity index (χ0n) is 16.5. The summed E-state index contributed by atoms with van der Waals surface area (Å²) in [6, 6.07) is 12.6. The van der Waals surface area contributed by atoms with Crippen molar-refractivity contribution >= 4 is 20.9 Å². The molecule has 0 aliphatic carbocycles. The summed E-state index contributed by atoms with van der Waals surface area (Å²) < 4.78 is 38.8. The fourth-order valence-corrected chi connectivity index (χ4v) is 4.74. The van der Waals surface area contributed by atoms with Crippen molar-refractivity contribution in [1.29, 1.82) is 0 Å². The quantitative estimate of drug-likeness (QED) is 0.604. The molecule has 0 saturated carbocycles. The van der Waals surface area contributed by atoms with Gasteiger partial charge in [0.25, 0.3) is 0 Å². The molecule has 3 rings (SSSR count). The summed E-state index contributed by atoms with van der Waals surface area (Å²) in [5.74, 6) is 1.17. The molecule has 0 aliphatic rings. The van der Waals surface area contributed by atoms with Crippen molar-refractivity contribution in [3.8, 4) is 11.5 Å². The van der Waals surface area contributed by atoms with Crippen LogP contribution in [0.2, 0.25) is 0 Å². The van der Waals surface area contributed by atoms with E-state index in [1.165, 1.54) is 4.31 Å². The molecule has 1 heterocycles. The lowest BCUT2D eigenvalue weighted by Gasteiger charge is -2.22. The van der Waals surface area contributed by atoms with Crippen molar-refractivity contribution < 1.29 is 17.9 Å². The zero-order chi connectivity index (χ0) is 20.3. The number of hydrogen-bond donors (Lipinski definition) is 0. The summed E-state index contributed by atoms with van der Waals surface area (Å²) in [6.07, 6.45) is 1.69. The van der Waals surface area contributed by atoms with E-state index in [0.717, 1.165) is 16.5 Å². The number of methoxy groups -OCH3 is 2. The number of rotatable bonds is 7. The molecule has 2 aromatic carbocycles. The van der Waals surface area contributed by atoms with Gasteiger partial charge < -0.3 is 9.47 Å². The van der Waals surface area contributed by atoms with E-state index in [-0.39, 0.29) is 11.4 Å². The fraction of sp³-hybridized carbons (Fsp3) is 0.286. The van der Waals surface area contributed by atoms with Crippen LogP contribution in [0.5, 0.6) is 11.5 Å². The maximum atomic E-state index is 13.4. The maximum Gasteiger partial charge on any atom is 0.245 e. The Labute approximate surface area is 165 Å². The average Bonchev–Trinajstić information content (AvgIpc) is 2.70. The van der Waals surface area contributed by atoms with Gasteiger partial charge in [-0.25, -0.2) is 8.42 Å². The Morgan fingerprint density at radius 1 is 1.04 bits per heavy atom. The molecule has 0 spiro atoms. The number of fused-ring (bicyclic) bond motifs is 1. The first kappa shape index (κ1) is 20.1. The predicted octanol–water partition coefficient (Wildman–Crippen LogP) is 3.77. The number of nitrogens with zero attached hydrogens (tertiary/aromatic N) is 2. The molecule has 148 valence electrons. The number of sulfonamides is 1. The van der Waals surface area contributed by atoms with Crippen molar-refractivity contribution in [3.63, 3.8) is 0 Å². The highest BCUT2D eigenvalue weighted by atomic mass is 32.2. The highest BCUT2D eigenvalue weighted by Gasteiger charge is 2.26. The molecule has 0 N–H and O–H groups in total. The van der Waals surface area contributed by atoms with Gasteiger partial charge in [0.15, 0.2) is 11.5 Å². The molecule has 28 heavy (non-hydrogen) atoms. The normalized spacial score (nSPS) is 11.8. The van der Waals surface area contributed by atoms with Crippen LogP contribution in [-0.4, -0.2) is 38.5 Å². The number of pyridine rings is 1. The van der Waals surface area contributed by atoms with Crippen LogP contribution in [0.1, 0.15) is 18.1 Å². The lowest BCUT2D eigenvalue weighted by molar-refractivity contribution is 0.353. The molecule has 1 aromatic heterocycles. The second-order valence-electron chi connectivity index (χ2n) is 6.46. The lowest BCUT2D eigenvalue weighted by Crippen LogP contribution is -2.30. The van der Waals surface area contributed by atoms with E-state index in [0.29, 0.717) is 23.6 Å². The van der Waals surface area contributed by atoms with E-state index in [1.54, 1.807) is 44.7 Å². The van der Waals surface area contributed by atoms with Gasteiger partial charge in [0, 0.05) is 24.7 Å². The smallest absolute Gasteiger partial charge is 0.245 e. The molecular formula is C21H24N2O4S. The van der Waals surface area contributed by atoms with Gasteiger partial charge in [-0.2, -0.15) is 4.31 Å². The summed E-state index contributed by atoms with van der Waals surface area (Å²) >= 11 is 0. The van der Waals surface area contributed by atoms with Gasteiger partial charge >= 0.3 is 0 Å². The monoisotopic (exact) mass is 400 g/mol. The first-order valence-electron chi connectivity index (χ1n) is 8.97. The first-order chi connectivity index (χ1) is 13.4. The van der Waals surface area contributed by atoms with Crippen LogP contribution in [0.25, 0.3) is 10.9 Å². The Balaban J connectivity index is 2.00. The summed E-state index contributed by atoms with van der Waals surface area (Å²) in [5.41, 5.74) is 2.28. The number of hydrogen-bond acceptors (Lipinski definition) is 5. The second kappa shape index (κ2) is 8.16. The Morgan fingerprint density at radius 3 is 2.46 bits per heavy atom. The van der Waals surface area contributed by atoms with Crippen LogP contribution >= 0.6 is 0 Å². The van der Waals surface area contributed by atoms with Crippen molar-refractivity contribution in [1.82, 2.24) is 9.29 Å². The first-order valence-corrected chi connectivity index (χ1v) is 10.4. The number of aromatic nitrogens is 1. The third-order valence-electron chi connectivity index (χ3n) is 4.59. The maximum absolute atomic E-state index is 13.4. The summed E-state index contributed by atoms with van der Waals surface area (Å²) in [5, 5.41) is 0.809. The molecule has 0 saturated heterocycles. The third kappa shape index (κ3) is 3.81. The van der Waals surface area contributed by atoms with Crippen LogP contribution in [0.4, 0.5) is 0 Å². The highest BCUT2D eigenvalue weighted by molar-refractivity contribution is 7.89. The molecule has 0 unspecified atom stereocenters. The molecule has 0 radical (unpaired) electrons. The van der Waals surface area contributed by atoms with Crippen LogP contribution in [0, 0.1) is 6.92 Å². The minimum absolute atomic E-state index is 0.215. The van der Waals surface area contributed by atoms with Gasteiger partial charge in [0.2, 0.25) is 10.0 Å². The minimum Gasteiger partial charge on any atom is -0.493 e. The molecule has 7 heteroatoms. The molecule has 0 bridgehead atoms. The van der Waals surface area contributed by atoms with Crippen LogP contribution in [0.15, 0.2) is 53.6 Å². The third-order valence-corrected chi connectivity index (χ3v) is 6.54. The lowest BCUT2D eigenvalue weighted by atomic mass is 10.2. The number of ether oxygens (including phenoxy) is 2. The van der Waals surface area contributed by atoms with Gasteiger partial charge in [-0.3, -0.25) is 4.98 Å². The SMILES string of the molecule is CCN(Cc1ccc(OC)c(OC)c1)S(=O)(=O)c1cccc2cc(C)cnc12. The number of aryl methyl sites for hydroxylation is 1. The number of para-hydroxylation sites is 1. The van der Waals surface area contributed by atoms with E-state index in [9.17, 15) is 8.42 Å². The largest absolute Gasteiger partial charge is 0.493 e. The Kier molecular flexibility index (Phi) is 5.86. The fourth-order valence-electron chi connectivity index (χ4n) is 3.14. The standard InChI is InChI=1S/C21H24N2O4S/c1-5-23(14-16-9-10-18(26-3)19(12-16)27-4)28(24,25)20-8-6-7-17-11-15(2)13-22-21(17)20/h6-13H,5,14H2,1-4H3. The van der Waals surface area contributed by atoms with E-state index in [4.69, 9.17) is 9.47 Å². The van der Waals surface area contributed by atoms with E-state index in [2.05, 4.69) is 4.98 Å². The topological polar surface area (TPSA) is 68.7 Å². The highest BCUT2D eigenvalue weighted by Crippen LogP contribution is 2.30. The summed E-state index contributed by atoms with van der Waals surface area (Å²) in [4.78, 5) is 4.59. The minimum atomic E-state index is -3.73. The predicted molar refractivity (Wildman–Crippen MR) is 109 cm³/mol. The van der Waals surface area contributed by atoms with Crippen molar-refractivity contribution in [2.24, 2.45) is 0 Å². The van der Waals surface area contributed by atoms with Crippen molar-refractivity contribution in [2.75, 3.05) is 20.8 Å². The molecule has 6 nitrogen and oxygen atoms in total. The zero-order valence-corrected chi connectivity index (χ0v) is 17.3. The molecule has 0 atom stereocenters. The summed E-state index contributed by atoms with van der Waals surface area (Å²) in [6.45, 7) is 4.31. The van der Waals surface area contributed by atoms with Crippen LogP contribution in [-0.2, 0) is 16.6 Å². The Bertz CT molecular complexity index is 1100. The van der Waals surface area contributed by atoms with Gasteiger partial charge in [-0.15, -0.1) is 0 Å². The van der Waals surface area contributed by atoms with Gasteiger partial charge in [0.05, 0.1) is 19.7 Å². The molecule has 0 fully saturated rings. The van der Waals surface area contributed by atoms with Gasteiger partial charge in [-0.05, 0) is 42.3 Å². The van der Waals surface area contributed by atoms with E-state index >= 15 is 0 Å². The Hall–Kier alpha value is -2.64. The van der Waals surface area contributed by atoms with Crippen LogP contribution < -0.4 is 9.47 Å². The van der Waals surface area contributed by atoms with E-state index in [1.807, 2.05) is 32.0 Å². The molecule has 3 aromatic rings. The summed E-state index contributed by atoms with van der Waals surface area (Å²) in [7, 11) is -0.605. The van der Waals surface area contributed by atoms with Crippen molar-refractivity contribution in [2.45, 2.75) is 25.3 Å². The average molecular weight is 401 g/mol. The molecular weight excluding hydrogens is 376 g/mol. The Morgan fingerprint density at radius 2 is 1.79 bits per heavy atom. The van der Waals surface area contributed by atoms with Gasteiger partial charge in [-0.1, -0.05) is 25.1 Å². The number of benzene rings is 2. The van der Waals surface area contributed by atoms with Gasteiger partial charge in [0.1, 0.15) is 4.90 Å². The van der Waals surface area contributed by atoms with Crippen molar-refractivity contribution in [3.05, 3.63) is 59.8 Å².